The molecule has 1 aromatic rings. The highest BCUT2D eigenvalue weighted by atomic mass is 79.9. The summed E-state index contributed by atoms with van der Waals surface area (Å²) in [4.78, 5) is 0.547. The largest absolute Gasteiger partial charge is 0.0839 e. The Morgan fingerprint density at radius 1 is 1.05 bits per heavy atom. The molecule has 0 saturated heterocycles. The van der Waals surface area contributed by atoms with Gasteiger partial charge >= 0.3 is 0 Å². The minimum atomic E-state index is 0.547. The van der Waals surface area contributed by atoms with E-state index in [0.29, 0.717) is 4.83 Å². The van der Waals surface area contributed by atoms with Gasteiger partial charge in [-0.1, -0.05) is 92.1 Å². The van der Waals surface area contributed by atoms with Crippen molar-refractivity contribution in [3.05, 3.63) is 35.4 Å². The van der Waals surface area contributed by atoms with E-state index in [2.05, 4.69) is 47.1 Å². The van der Waals surface area contributed by atoms with E-state index < -0.39 is 0 Å². The Kier molecular flexibility index (Phi) is 7.13. The van der Waals surface area contributed by atoms with Crippen LogP contribution in [0.15, 0.2) is 24.3 Å². The number of unbranched alkanes of at least 4 members (excludes halogenated alkanes) is 1. The summed E-state index contributed by atoms with van der Waals surface area (Å²) in [6.45, 7) is 2.26. The fourth-order valence-corrected chi connectivity index (χ4v) is 4.14. The van der Waals surface area contributed by atoms with Gasteiger partial charge in [-0.3, -0.25) is 0 Å². The van der Waals surface area contributed by atoms with Crippen LogP contribution in [0.5, 0.6) is 0 Å². The molecule has 112 valence electrons. The maximum absolute atomic E-state index is 3.92. The molecule has 0 aliphatic heterocycles. The summed E-state index contributed by atoms with van der Waals surface area (Å²) in [7, 11) is 0. The number of aryl methyl sites for hydroxylation is 1. The van der Waals surface area contributed by atoms with Crippen LogP contribution in [0.4, 0.5) is 0 Å². The van der Waals surface area contributed by atoms with Crippen LogP contribution in [-0.4, -0.2) is 0 Å². The van der Waals surface area contributed by atoms with Gasteiger partial charge in [0.05, 0.1) is 0 Å². The highest BCUT2D eigenvalue weighted by Gasteiger charge is 2.17. The third kappa shape index (κ3) is 5.24. The van der Waals surface area contributed by atoms with E-state index >= 15 is 0 Å². The number of alkyl halides is 1. The first-order valence-electron chi connectivity index (χ1n) is 8.52. The van der Waals surface area contributed by atoms with E-state index in [-0.39, 0.29) is 0 Å². The molecule has 0 nitrogen and oxygen atoms in total. The van der Waals surface area contributed by atoms with Gasteiger partial charge in [-0.15, -0.1) is 0 Å². The number of hydrogen-bond acceptors (Lipinski definition) is 0. The maximum atomic E-state index is 3.92. The van der Waals surface area contributed by atoms with Gasteiger partial charge in [0.25, 0.3) is 0 Å². The minimum absolute atomic E-state index is 0.547. The van der Waals surface area contributed by atoms with Crippen molar-refractivity contribution in [3.63, 3.8) is 0 Å². The molecule has 1 saturated carbocycles. The minimum Gasteiger partial charge on any atom is -0.0839 e. The van der Waals surface area contributed by atoms with Crippen LogP contribution in [0.1, 0.15) is 80.7 Å². The second-order valence-corrected chi connectivity index (χ2v) is 7.51. The predicted octanol–water partition coefficient (Wildman–Crippen LogP) is 6.83. The maximum Gasteiger partial charge on any atom is 0.0397 e. The van der Waals surface area contributed by atoms with Crippen LogP contribution in [0.2, 0.25) is 0 Å². The first-order valence-corrected chi connectivity index (χ1v) is 9.44. The van der Waals surface area contributed by atoms with Crippen molar-refractivity contribution in [2.75, 3.05) is 0 Å². The van der Waals surface area contributed by atoms with E-state index in [1.165, 1.54) is 75.3 Å². The molecule has 1 aromatic carbocycles. The van der Waals surface area contributed by atoms with Crippen LogP contribution in [-0.2, 0) is 6.42 Å². The molecule has 0 amide bonds. The Balaban J connectivity index is 1.86. The summed E-state index contributed by atoms with van der Waals surface area (Å²) < 4.78 is 0. The van der Waals surface area contributed by atoms with Crippen molar-refractivity contribution >= 4 is 15.9 Å². The molecule has 1 aliphatic rings. The van der Waals surface area contributed by atoms with E-state index in [1.54, 1.807) is 0 Å². The molecular weight excluding hydrogens is 308 g/mol. The summed E-state index contributed by atoms with van der Waals surface area (Å²) in [5, 5.41) is 0. The average Bonchev–Trinajstić information content (AvgIpc) is 2.74. The van der Waals surface area contributed by atoms with Gasteiger partial charge in [-0.2, -0.15) is 0 Å². The fourth-order valence-electron chi connectivity index (χ4n) is 3.30. The molecular formula is C19H29Br. The van der Waals surface area contributed by atoms with Gasteiger partial charge in [0.2, 0.25) is 0 Å². The summed E-state index contributed by atoms with van der Waals surface area (Å²) >= 11 is 3.92. The van der Waals surface area contributed by atoms with Crippen LogP contribution in [0, 0.1) is 5.92 Å². The van der Waals surface area contributed by atoms with Crippen molar-refractivity contribution in [2.45, 2.75) is 76.0 Å². The summed E-state index contributed by atoms with van der Waals surface area (Å²) in [5.74, 6) is 0.932. The topological polar surface area (TPSA) is 0 Å². The zero-order valence-electron chi connectivity index (χ0n) is 12.9. The number of hydrogen-bond donors (Lipinski definition) is 0. The summed E-state index contributed by atoms with van der Waals surface area (Å²) in [5.41, 5.74) is 2.96. The van der Waals surface area contributed by atoms with Gasteiger partial charge in [-0.05, 0) is 36.3 Å². The molecule has 0 spiro atoms. The normalized spacial score (nSPS) is 18.7. The molecule has 1 heteroatoms. The van der Waals surface area contributed by atoms with Gasteiger partial charge < -0.3 is 0 Å². The Labute approximate surface area is 133 Å². The molecule has 0 radical (unpaired) electrons. The second-order valence-electron chi connectivity index (χ2n) is 6.41. The lowest BCUT2D eigenvalue weighted by Crippen LogP contribution is -2.03. The lowest BCUT2D eigenvalue weighted by molar-refractivity contribution is 0.427. The van der Waals surface area contributed by atoms with Gasteiger partial charge in [0, 0.05) is 4.83 Å². The van der Waals surface area contributed by atoms with Crippen LogP contribution in [0.3, 0.4) is 0 Å². The summed E-state index contributed by atoms with van der Waals surface area (Å²) in [6, 6.07) is 9.32. The Morgan fingerprint density at radius 2 is 1.70 bits per heavy atom. The molecule has 20 heavy (non-hydrogen) atoms. The Hall–Kier alpha value is -0.300. The highest BCUT2D eigenvalue weighted by Crippen LogP contribution is 2.35. The molecule has 0 aromatic heterocycles. The predicted molar refractivity (Wildman–Crippen MR) is 92.5 cm³/mol. The summed E-state index contributed by atoms with van der Waals surface area (Å²) in [6.07, 6.45) is 13.8. The van der Waals surface area contributed by atoms with E-state index in [0.717, 1.165) is 5.92 Å². The van der Waals surface area contributed by atoms with Crippen LogP contribution in [0.25, 0.3) is 0 Å². The second kappa shape index (κ2) is 8.87. The van der Waals surface area contributed by atoms with Crippen molar-refractivity contribution in [2.24, 2.45) is 5.92 Å². The van der Waals surface area contributed by atoms with Crippen LogP contribution >= 0.6 is 15.9 Å². The van der Waals surface area contributed by atoms with E-state index in [1.807, 2.05) is 0 Å². The van der Waals surface area contributed by atoms with Gasteiger partial charge in [0.15, 0.2) is 0 Å². The lowest BCUT2D eigenvalue weighted by atomic mass is 9.92. The first-order chi connectivity index (χ1) is 9.79. The third-order valence-corrected chi connectivity index (χ3v) is 5.58. The zero-order valence-corrected chi connectivity index (χ0v) is 14.5. The fraction of sp³-hybridized carbons (Fsp3) is 0.684. The number of halogens is 1. The van der Waals surface area contributed by atoms with Gasteiger partial charge in [0.1, 0.15) is 0 Å². The van der Waals surface area contributed by atoms with Crippen molar-refractivity contribution in [1.29, 1.82) is 0 Å². The lowest BCUT2D eigenvalue weighted by Gasteiger charge is -2.18. The SMILES string of the molecule is CCCCc1ccc(C(Br)CC2CCCCCC2)cc1. The Morgan fingerprint density at radius 3 is 2.30 bits per heavy atom. The van der Waals surface area contributed by atoms with E-state index in [4.69, 9.17) is 0 Å². The monoisotopic (exact) mass is 336 g/mol. The zero-order chi connectivity index (χ0) is 14.2. The standard InChI is InChI=1S/C19H29Br/c1-2-3-8-16-11-13-18(14-12-16)19(20)15-17-9-6-4-5-7-10-17/h11-14,17,19H,2-10,15H2,1H3. The van der Waals surface area contributed by atoms with Crippen molar-refractivity contribution in [1.82, 2.24) is 0 Å². The molecule has 1 aliphatic carbocycles. The molecule has 0 bridgehead atoms. The average molecular weight is 337 g/mol. The quantitative estimate of drug-likeness (QED) is 0.394. The molecule has 0 N–H and O–H groups in total. The first kappa shape index (κ1) is 16.1. The van der Waals surface area contributed by atoms with Crippen molar-refractivity contribution in [3.8, 4) is 0 Å². The molecule has 1 unspecified atom stereocenters. The number of benzene rings is 1. The molecule has 2 rings (SSSR count). The Bertz CT molecular complexity index is 360. The smallest absolute Gasteiger partial charge is 0.0397 e. The third-order valence-electron chi connectivity index (χ3n) is 4.68. The van der Waals surface area contributed by atoms with Crippen LogP contribution < -0.4 is 0 Å². The molecule has 0 heterocycles. The van der Waals surface area contributed by atoms with E-state index in [9.17, 15) is 0 Å². The van der Waals surface area contributed by atoms with Crippen molar-refractivity contribution < 1.29 is 0 Å². The highest BCUT2D eigenvalue weighted by molar-refractivity contribution is 9.09. The molecule has 1 fully saturated rings. The number of rotatable bonds is 6. The van der Waals surface area contributed by atoms with Gasteiger partial charge in [-0.25, -0.2) is 0 Å². The molecule has 1 atom stereocenters.